The third-order valence-corrected chi connectivity index (χ3v) is 6.51. The van der Waals surface area contributed by atoms with Gasteiger partial charge in [0.25, 0.3) is 11.8 Å². The topological polar surface area (TPSA) is 90.6 Å². The van der Waals surface area contributed by atoms with Crippen molar-refractivity contribution in [1.82, 2.24) is 0 Å². The van der Waals surface area contributed by atoms with Crippen LogP contribution in [0.1, 0.15) is 42.3 Å². The number of carbonyl (C=O) groups is 2. The third-order valence-electron chi connectivity index (χ3n) is 5.45. The van der Waals surface area contributed by atoms with Crippen LogP contribution in [0, 0.1) is 6.92 Å². The number of rotatable bonds is 9. The lowest BCUT2D eigenvalue weighted by atomic mass is 10.1. The summed E-state index contributed by atoms with van der Waals surface area (Å²) < 4.78 is 11.3. The number of ether oxygens (including phenoxy) is 2. The van der Waals surface area contributed by atoms with Crippen LogP contribution in [-0.4, -0.2) is 18.9 Å². The Labute approximate surface area is 208 Å². The molecule has 178 valence electrons. The maximum Gasteiger partial charge on any atom is 0.256 e. The number of aryl methyl sites for hydroxylation is 1. The lowest BCUT2D eigenvalue weighted by Crippen LogP contribution is -2.16. The van der Waals surface area contributed by atoms with Crippen molar-refractivity contribution in [3.8, 4) is 11.5 Å². The summed E-state index contributed by atoms with van der Waals surface area (Å²) in [6.07, 6.45) is 0.644. The third kappa shape index (κ3) is 6.07. The normalized spacial score (nSPS) is 10.6. The van der Waals surface area contributed by atoms with Crippen molar-refractivity contribution in [3.05, 3.63) is 112 Å². The van der Waals surface area contributed by atoms with Crippen LogP contribution in [0.3, 0.4) is 0 Å². The zero-order valence-electron chi connectivity index (χ0n) is 19.5. The van der Waals surface area contributed by atoms with Crippen molar-refractivity contribution < 1.29 is 19.1 Å². The molecule has 1 aromatic heterocycles. The van der Waals surface area contributed by atoms with E-state index in [1.165, 1.54) is 11.3 Å². The van der Waals surface area contributed by atoms with Crippen LogP contribution in [0.15, 0.2) is 78.9 Å². The molecule has 0 spiro atoms. The Balaban J connectivity index is 1.52. The summed E-state index contributed by atoms with van der Waals surface area (Å²) in [6.45, 7) is 2.25. The molecule has 4 rings (SSSR count). The molecule has 7 heteroatoms. The maximum atomic E-state index is 13.1. The van der Waals surface area contributed by atoms with Crippen LogP contribution >= 0.6 is 11.3 Å². The van der Waals surface area contributed by atoms with Gasteiger partial charge in [-0.2, -0.15) is 0 Å². The molecular formula is C28H26N2O4S. The number of methoxy groups -OCH3 is 1. The Morgan fingerprint density at radius 1 is 0.971 bits per heavy atom. The van der Waals surface area contributed by atoms with Crippen molar-refractivity contribution in [3.63, 3.8) is 0 Å². The number of benzene rings is 3. The van der Waals surface area contributed by atoms with Gasteiger partial charge in [-0.15, -0.1) is 11.3 Å². The highest BCUT2D eigenvalue weighted by molar-refractivity contribution is 7.16. The zero-order valence-corrected chi connectivity index (χ0v) is 20.4. The number of anilines is 1. The highest BCUT2D eigenvalue weighted by atomic mass is 32.1. The van der Waals surface area contributed by atoms with Gasteiger partial charge in [-0.05, 0) is 48.9 Å². The van der Waals surface area contributed by atoms with Crippen LogP contribution < -0.4 is 20.5 Å². The van der Waals surface area contributed by atoms with E-state index in [1.807, 2.05) is 61.5 Å². The summed E-state index contributed by atoms with van der Waals surface area (Å²) in [5, 5.41) is 3.29. The number of hydrogen-bond donors (Lipinski definition) is 2. The molecule has 2 amide bonds. The first kappa shape index (κ1) is 24.0. The summed E-state index contributed by atoms with van der Waals surface area (Å²) in [5.74, 6) is 0.411. The van der Waals surface area contributed by atoms with Crippen molar-refractivity contribution >= 4 is 28.2 Å². The average molecular weight is 487 g/mol. The molecule has 3 aromatic carbocycles. The summed E-state index contributed by atoms with van der Waals surface area (Å²) in [5.41, 5.74) is 9.28. The summed E-state index contributed by atoms with van der Waals surface area (Å²) in [7, 11) is 1.57. The van der Waals surface area contributed by atoms with E-state index in [-0.39, 0.29) is 12.5 Å². The van der Waals surface area contributed by atoms with Gasteiger partial charge in [-0.25, -0.2) is 0 Å². The van der Waals surface area contributed by atoms with E-state index in [1.54, 1.807) is 31.4 Å². The molecule has 0 radical (unpaired) electrons. The Hall–Kier alpha value is -4.10. The predicted octanol–water partition coefficient (Wildman–Crippen LogP) is 5.59. The smallest absolute Gasteiger partial charge is 0.256 e. The van der Waals surface area contributed by atoms with Gasteiger partial charge in [-0.3, -0.25) is 9.59 Å². The monoisotopic (exact) mass is 486 g/mol. The SMILES string of the molecule is COc1ccc(C(=O)Nc2sc(Cc3ccccc3)cc2C(N)=O)cc1COc1ccc(C)cc1. The van der Waals surface area contributed by atoms with Gasteiger partial charge in [0, 0.05) is 22.4 Å². The van der Waals surface area contributed by atoms with E-state index in [2.05, 4.69) is 5.32 Å². The first-order valence-electron chi connectivity index (χ1n) is 11.1. The van der Waals surface area contributed by atoms with Gasteiger partial charge >= 0.3 is 0 Å². The quantitative estimate of drug-likeness (QED) is 0.323. The second kappa shape index (κ2) is 10.9. The molecule has 0 aliphatic heterocycles. The predicted molar refractivity (Wildman–Crippen MR) is 139 cm³/mol. The van der Waals surface area contributed by atoms with E-state index in [0.717, 1.165) is 27.3 Å². The van der Waals surface area contributed by atoms with Gasteiger partial charge in [0.05, 0.1) is 12.7 Å². The minimum absolute atomic E-state index is 0.236. The first-order chi connectivity index (χ1) is 16.9. The zero-order chi connectivity index (χ0) is 24.8. The highest BCUT2D eigenvalue weighted by Crippen LogP contribution is 2.31. The largest absolute Gasteiger partial charge is 0.496 e. The fourth-order valence-electron chi connectivity index (χ4n) is 3.61. The number of carbonyl (C=O) groups excluding carboxylic acids is 2. The molecule has 0 saturated heterocycles. The first-order valence-corrected chi connectivity index (χ1v) is 11.9. The van der Waals surface area contributed by atoms with Gasteiger partial charge in [0.15, 0.2) is 0 Å². The minimum atomic E-state index is -0.585. The number of amides is 2. The average Bonchev–Trinajstić information content (AvgIpc) is 3.26. The lowest BCUT2D eigenvalue weighted by Gasteiger charge is -2.12. The molecule has 3 N–H and O–H groups in total. The Bertz CT molecular complexity index is 1330. The van der Waals surface area contributed by atoms with Crippen LogP contribution in [-0.2, 0) is 13.0 Å². The van der Waals surface area contributed by atoms with Crippen molar-refractivity contribution in [1.29, 1.82) is 0 Å². The summed E-state index contributed by atoms with van der Waals surface area (Å²) in [4.78, 5) is 26.0. The van der Waals surface area contributed by atoms with E-state index in [0.29, 0.717) is 28.3 Å². The minimum Gasteiger partial charge on any atom is -0.496 e. The molecule has 0 atom stereocenters. The van der Waals surface area contributed by atoms with Gasteiger partial charge in [0.1, 0.15) is 23.1 Å². The van der Waals surface area contributed by atoms with E-state index in [4.69, 9.17) is 15.2 Å². The molecule has 0 fully saturated rings. The molecule has 0 aliphatic carbocycles. The fraction of sp³-hybridized carbons (Fsp3) is 0.143. The Morgan fingerprint density at radius 2 is 1.71 bits per heavy atom. The molecule has 1 heterocycles. The number of primary amides is 1. The van der Waals surface area contributed by atoms with E-state index < -0.39 is 5.91 Å². The molecule has 35 heavy (non-hydrogen) atoms. The summed E-state index contributed by atoms with van der Waals surface area (Å²) >= 11 is 1.34. The van der Waals surface area contributed by atoms with Crippen molar-refractivity contribution in [2.75, 3.05) is 12.4 Å². The molecule has 0 saturated carbocycles. The van der Waals surface area contributed by atoms with Crippen molar-refractivity contribution in [2.45, 2.75) is 20.0 Å². The lowest BCUT2D eigenvalue weighted by molar-refractivity contribution is 0.100. The number of thiophene rings is 1. The molecule has 0 aliphatic rings. The maximum absolute atomic E-state index is 13.1. The second-order valence-electron chi connectivity index (χ2n) is 8.06. The van der Waals surface area contributed by atoms with Crippen LogP contribution in [0.5, 0.6) is 11.5 Å². The molecule has 0 unspecified atom stereocenters. The summed E-state index contributed by atoms with van der Waals surface area (Å²) in [6, 6.07) is 24.5. The molecular weight excluding hydrogens is 460 g/mol. The standard InChI is InChI=1S/C28H26N2O4S/c1-18-8-11-22(12-9-18)34-17-21-15-20(10-13-25(21)33-2)27(32)30-28-24(26(29)31)16-23(35-28)14-19-6-4-3-5-7-19/h3-13,15-16H,14,17H2,1-2H3,(H2,29,31)(H,30,32). The van der Waals surface area contributed by atoms with E-state index >= 15 is 0 Å². The number of nitrogens with one attached hydrogen (secondary N) is 1. The highest BCUT2D eigenvalue weighted by Gasteiger charge is 2.18. The van der Waals surface area contributed by atoms with Crippen LogP contribution in [0.25, 0.3) is 0 Å². The van der Waals surface area contributed by atoms with Crippen molar-refractivity contribution in [2.24, 2.45) is 5.73 Å². The van der Waals surface area contributed by atoms with Gasteiger partial charge in [0.2, 0.25) is 0 Å². The number of hydrogen-bond acceptors (Lipinski definition) is 5. The Kier molecular flexibility index (Phi) is 7.48. The van der Waals surface area contributed by atoms with Crippen LogP contribution in [0.4, 0.5) is 5.00 Å². The molecule has 0 bridgehead atoms. The molecule has 4 aromatic rings. The second-order valence-corrected chi connectivity index (χ2v) is 9.20. The van der Waals surface area contributed by atoms with Crippen LogP contribution in [0.2, 0.25) is 0 Å². The molecule has 6 nitrogen and oxygen atoms in total. The van der Waals surface area contributed by atoms with Gasteiger partial charge < -0.3 is 20.5 Å². The fourth-order valence-corrected chi connectivity index (χ4v) is 4.70. The van der Waals surface area contributed by atoms with Gasteiger partial charge in [-0.1, -0.05) is 48.0 Å². The Morgan fingerprint density at radius 3 is 2.40 bits per heavy atom. The van der Waals surface area contributed by atoms with E-state index in [9.17, 15) is 9.59 Å². The number of nitrogens with two attached hydrogens (primary N) is 1.